The molecule has 10 heteroatoms. The number of halogens is 4. The first-order valence-corrected chi connectivity index (χ1v) is 8.29. The van der Waals surface area contributed by atoms with Crippen LogP contribution in [-0.2, 0) is 4.74 Å². The number of nitro groups is 1. The maximum atomic E-state index is 13.5. The summed E-state index contributed by atoms with van der Waals surface area (Å²) in [5.41, 5.74) is -2.25. The summed E-state index contributed by atoms with van der Waals surface area (Å²) < 4.78 is 45.2. The molecule has 0 atom stereocenters. The molecule has 0 aliphatic rings. The Morgan fingerprint density at radius 1 is 1.14 bits per heavy atom. The van der Waals surface area contributed by atoms with Gasteiger partial charge in [0.05, 0.1) is 23.2 Å². The molecule has 29 heavy (non-hydrogen) atoms. The second-order valence-electron chi connectivity index (χ2n) is 5.90. The lowest BCUT2D eigenvalue weighted by molar-refractivity contribution is -0.384. The van der Waals surface area contributed by atoms with Crippen LogP contribution in [0.25, 0.3) is 5.57 Å². The number of ketones is 1. The number of nitro benzene ring substituents is 1. The highest BCUT2D eigenvalue weighted by molar-refractivity contribution is 6.31. The monoisotopic (exact) mass is 427 g/mol. The van der Waals surface area contributed by atoms with Crippen molar-refractivity contribution in [2.24, 2.45) is 0 Å². The molecule has 2 rings (SSSR count). The van der Waals surface area contributed by atoms with E-state index in [9.17, 15) is 32.9 Å². The summed E-state index contributed by atoms with van der Waals surface area (Å²) in [7, 11) is 1.17. The Balaban J connectivity index is 2.55. The third-order valence-corrected chi connectivity index (χ3v) is 4.12. The largest absolute Gasteiger partial charge is 0.465 e. The molecule has 0 aliphatic carbocycles. The van der Waals surface area contributed by atoms with Crippen molar-refractivity contribution in [3.05, 3.63) is 79.9 Å². The summed E-state index contributed by atoms with van der Waals surface area (Å²) in [6.07, 6.45) is -4.64. The molecule has 0 aliphatic heterocycles. The predicted octanol–water partition coefficient (Wildman–Crippen LogP) is 5.17. The molecule has 6 nitrogen and oxygen atoms in total. The standard InChI is InChI=1S/C19H13ClF3NO5/c1-10-5-11(3-4-15(10)18(26)29-2)17(25)9-16(19(21,22)23)12-6-13(20)8-14(7-12)24(27)28/h3-9H,1-2H3/b16-9+. The second kappa shape index (κ2) is 8.44. The van der Waals surface area contributed by atoms with Crippen molar-refractivity contribution in [1.82, 2.24) is 0 Å². The van der Waals surface area contributed by atoms with Gasteiger partial charge in [0.15, 0.2) is 5.78 Å². The van der Waals surface area contributed by atoms with Crippen LogP contribution in [0.2, 0.25) is 5.02 Å². The lowest BCUT2D eigenvalue weighted by atomic mass is 9.98. The van der Waals surface area contributed by atoms with E-state index in [0.29, 0.717) is 17.7 Å². The van der Waals surface area contributed by atoms with Crippen molar-refractivity contribution >= 4 is 34.6 Å². The van der Waals surface area contributed by atoms with Crippen molar-refractivity contribution in [2.75, 3.05) is 7.11 Å². The van der Waals surface area contributed by atoms with Crippen LogP contribution in [0.1, 0.15) is 31.8 Å². The van der Waals surface area contributed by atoms with Gasteiger partial charge in [0.2, 0.25) is 0 Å². The SMILES string of the molecule is COC(=O)c1ccc(C(=O)/C=C(\c2cc(Cl)cc([N+](=O)[O-])c2)C(F)(F)F)cc1C. The molecule has 2 aromatic rings. The summed E-state index contributed by atoms with van der Waals surface area (Å²) in [6.45, 7) is 1.50. The van der Waals surface area contributed by atoms with Crippen LogP contribution >= 0.6 is 11.6 Å². The van der Waals surface area contributed by atoms with E-state index in [-0.39, 0.29) is 16.1 Å². The number of methoxy groups -OCH3 is 1. The maximum absolute atomic E-state index is 13.5. The van der Waals surface area contributed by atoms with Crippen LogP contribution in [0.5, 0.6) is 0 Å². The number of hydrogen-bond donors (Lipinski definition) is 0. The normalized spacial score (nSPS) is 11.9. The van der Waals surface area contributed by atoms with Crippen molar-refractivity contribution in [2.45, 2.75) is 13.1 Å². The zero-order valence-corrected chi connectivity index (χ0v) is 15.8. The highest BCUT2D eigenvalue weighted by atomic mass is 35.5. The highest BCUT2D eigenvalue weighted by Crippen LogP contribution is 2.37. The number of carbonyl (C=O) groups is 2. The van der Waals surface area contributed by atoms with E-state index in [0.717, 1.165) is 12.1 Å². The van der Waals surface area contributed by atoms with Crippen LogP contribution in [-0.4, -0.2) is 30.0 Å². The van der Waals surface area contributed by atoms with Crippen molar-refractivity contribution in [1.29, 1.82) is 0 Å². The molecule has 0 amide bonds. The van der Waals surface area contributed by atoms with Crippen LogP contribution in [0.3, 0.4) is 0 Å². The van der Waals surface area contributed by atoms with E-state index < -0.39 is 39.7 Å². The summed E-state index contributed by atoms with van der Waals surface area (Å²) >= 11 is 5.70. The minimum Gasteiger partial charge on any atom is -0.465 e. The molecule has 0 fully saturated rings. The number of esters is 1. The fourth-order valence-electron chi connectivity index (χ4n) is 2.53. The molecule has 0 aromatic heterocycles. The fourth-order valence-corrected chi connectivity index (χ4v) is 2.76. The summed E-state index contributed by atoms with van der Waals surface area (Å²) in [6, 6.07) is 6.17. The lowest BCUT2D eigenvalue weighted by Crippen LogP contribution is -2.13. The van der Waals surface area contributed by atoms with Gasteiger partial charge in [0.1, 0.15) is 0 Å². The highest BCUT2D eigenvalue weighted by Gasteiger charge is 2.36. The average molecular weight is 428 g/mol. The zero-order chi connectivity index (χ0) is 21.9. The molecule has 0 N–H and O–H groups in total. The molecular weight excluding hydrogens is 415 g/mol. The molecular formula is C19H13ClF3NO5. The van der Waals surface area contributed by atoms with Crippen LogP contribution in [0, 0.1) is 17.0 Å². The molecule has 0 spiro atoms. The first kappa shape index (κ1) is 22.1. The number of rotatable bonds is 5. The van der Waals surface area contributed by atoms with Gasteiger partial charge in [-0.2, -0.15) is 13.2 Å². The molecule has 0 heterocycles. The van der Waals surface area contributed by atoms with E-state index in [1.807, 2.05) is 0 Å². The van der Waals surface area contributed by atoms with Gasteiger partial charge < -0.3 is 4.74 Å². The quantitative estimate of drug-likeness (QED) is 0.216. The number of ether oxygens (including phenoxy) is 1. The summed E-state index contributed by atoms with van der Waals surface area (Å²) in [5.74, 6) is -1.65. The predicted molar refractivity (Wildman–Crippen MR) is 99.0 cm³/mol. The van der Waals surface area contributed by atoms with Gasteiger partial charge >= 0.3 is 12.1 Å². The second-order valence-corrected chi connectivity index (χ2v) is 6.33. The van der Waals surface area contributed by atoms with E-state index in [1.54, 1.807) is 0 Å². The Hall–Kier alpha value is -3.20. The number of aryl methyl sites for hydroxylation is 1. The minimum atomic E-state index is -4.98. The maximum Gasteiger partial charge on any atom is 0.417 e. The lowest BCUT2D eigenvalue weighted by Gasteiger charge is -2.13. The zero-order valence-electron chi connectivity index (χ0n) is 15.0. The molecule has 0 bridgehead atoms. The first-order chi connectivity index (χ1) is 13.4. The number of alkyl halides is 3. The van der Waals surface area contributed by atoms with Gasteiger partial charge in [0.25, 0.3) is 5.69 Å². The molecule has 0 unspecified atom stereocenters. The Bertz CT molecular complexity index is 1030. The summed E-state index contributed by atoms with van der Waals surface area (Å²) in [5, 5.41) is 10.6. The Kier molecular flexibility index (Phi) is 6.43. The van der Waals surface area contributed by atoms with Crippen LogP contribution in [0.4, 0.5) is 18.9 Å². The number of non-ortho nitro benzene ring substituents is 1. The molecule has 2 aromatic carbocycles. The number of hydrogen-bond acceptors (Lipinski definition) is 5. The van der Waals surface area contributed by atoms with Crippen LogP contribution in [0.15, 0.2) is 42.5 Å². The van der Waals surface area contributed by atoms with E-state index in [2.05, 4.69) is 4.74 Å². The number of allylic oxidation sites excluding steroid dienone is 2. The van der Waals surface area contributed by atoms with E-state index >= 15 is 0 Å². The molecule has 0 saturated carbocycles. The van der Waals surface area contributed by atoms with Gasteiger partial charge in [0, 0.05) is 22.7 Å². The minimum absolute atomic E-state index is 0.103. The fraction of sp³-hybridized carbons (Fsp3) is 0.158. The van der Waals surface area contributed by atoms with Crippen molar-refractivity contribution in [3.8, 4) is 0 Å². The van der Waals surface area contributed by atoms with E-state index in [1.165, 1.54) is 32.2 Å². The Labute approximate surface area is 167 Å². The smallest absolute Gasteiger partial charge is 0.417 e. The summed E-state index contributed by atoms with van der Waals surface area (Å²) in [4.78, 5) is 34.0. The van der Waals surface area contributed by atoms with Crippen molar-refractivity contribution < 1.29 is 32.4 Å². The van der Waals surface area contributed by atoms with E-state index in [4.69, 9.17) is 11.6 Å². The molecule has 0 saturated heterocycles. The Morgan fingerprint density at radius 3 is 2.31 bits per heavy atom. The van der Waals surface area contributed by atoms with Crippen molar-refractivity contribution in [3.63, 3.8) is 0 Å². The number of carbonyl (C=O) groups excluding carboxylic acids is 2. The van der Waals surface area contributed by atoms with Gasteiger partial charge in [-0.25, -0.2) is 4.79 Å². The third-order valence-electron chi connectivity index (χ3n) is 3.90. The van der Waals surface area contributed by atoms with Gasteiger partial charge in [-0.15, -0.1) is 0 Å². The van der Waals surface area contributed by atoms with Gasteiger partial charge in [-0.1, -0.05) is 17.7 Å². The molecule has 0 radical (unpaired) electrons. The average Bonchev–Trinajstić information content (AvgIpc) is 2.63. The number of benzene rings is 2. The van der Waals surface area contributed by atoms with Gasteiger partial charge in [-0.3, -0.25) is 14.9 Å². The topological polar surface area (TPSA) is 86.5 Å². The first-order valence-electron chi connectivity index (χ1n) is 7.91. The number of nitrogens with zero attached hydrogens (tertiary/aromatic N) is 1. The Morgan fingerprint density at radius 2 is 1.79 bits per heavy atom. The van der Waals surface area contributed by atoms with Gasteiger partial charge in [-0.05, 0) is 42.3 Å². The van der Waals surface area contributed by atoms with Crippen LogP contribution < -0.4 is 0 Å². The molecule has 152 valence electrons. The third kappa shape index (κ3) is 5.20.